The van der Waals surface area contributed by atoms with Gasteiger partial charge in [0.25, 0.3) is 0 Å². The Bertz CT molecular complexity index is 679. The Morgan fingerprint density at radius 1 is 1.15 bits per heavy atom. The van der Waals surface area contributed by atoms with E-state index in [4.69, 9.17) is 4.74 Å². The van der Waals surface area contributed by atoms with Crippen molar-refractivity contribution in [2.45, 2.75) is 72.1 Å². The van der Waals surface area contributed by atoms with Crippen LogP contribution in [0.3, 0.4) is 0 Å². The molecule has 0 unspecified atom stereocenters. The van der Waals surface area contributed by atoms with Crippen molar-refractivity contribution in [1.29, 1.82) is 0 Å². The van der Waals surface area contributed by atoms with Crippen molar-refractivity contribution < 1.29 is 19.1 Å². The molecule has 148 valence electrons. The maximum atomic E-state index is 13.6. The monoisotopic (exact) mass is 372 g/mol. The minimum atomic E-state index is -1.23. The quantitative estimate of drug-likeness (QED) is 0.332. The Morgan fingerprint density at radius 2 is 1.89 bits per heavy atom. The third kappa shape index (κ3) is 4.66. The van der Waals surface area contributed by atoms with Crippen LogP contribution in [0.4, 0.5) is 0 Å². The summed E-state index contributed by atoms with van der Waals surface area (Å²) in [6.45, 7) is 5.68. The van der Waals surface area contributed by atoms with Crippen molar-refractivity contribution in [3.63, 3.8) is 0 Å². The third-order valence-electron chi connectivity index (χ3n) is 5.73. The van der Waals surface area contributed by atoms with Gasteiger partial charge in [-0.25, -0.2) is 0 Å². The average Bonchev–Trinajstić information content (AvgIpc) is 2.65. The van der Waals surface area contributed by atoms with Crippen LogP contribution >= 0.6 is 0 Å². The highest BCUT2D eigenvalue weighted by Gasteiger charge is 2.54. The van der Waals surface area contributed by atoms with E-state index in [0.717, 1.165) is 31.2 Å². The minimum Gasteiger partial charge on any atom is -0.465 e. The van der Waals surface area contributed by atoms with E-state index in [9.17, 15) is 14.4 Å². The van der Waals surface area contributed by atoms with E-state index in [0.29, 0.717) is 24.8 Å². The summed E-state index contributed by atoms with van der Waals surface area (Å²) in [7, 11) is 0. The van der Waals surface area contributed by atoms with Crippen molar-refractivity contribution in [2.75, 3.05) is 6.61 Å². The van der Waals surface area contributed by atoms with Crippen molar-refractivity contribution in [3.8, 4) is 0 Å². The molecule has 27 heavy (non-hydrogen) atoms. The Labute approximate surface area is 162 Å². The van der Waals surface area contributed by atoms with Crippen LogP contribution in [0, 0.1) is 11.3 Å². The number of fused-ring (bicyclic) bond motifs is 1. The van der Waals surface area contributed by atoms with Crippen LogP contribution in [-0.4, -0.2) is 24.1 Å². The molecule has 0 heterocycles. The number of esters is 1. The van der Waals surface area contributed by atoms with Gasteiger partial charge in [0.2, 0.25) is 0 Å². The van der Waals surface area contributed by atoms with E-state index in [1.807, 2.05) is 18.2 Å². The molecule has 0 aliphatic heterocycles. The molecule has 2 atom stereocenters. The number of hydrogen-bond donors (Lipinski definition) is 0. The van der Waals surface area contributed by atoms with Crippen molar-refractivity contribution in [1.82, 2.24) is 0 Å². The summed E-state index contributed by atoms with van der Waals surface area (Å²) in [5.41, 5.74) is 0.358. The zero-order valence-electron chi connectivity index (χ0n) is 16.9. The van der Waals surface area contributed by atoms with E-state index in [1.165, 1.54) is 0 Å². The summed E-state index contributed by atoms with van der Waals surface area (Å²) >= 11 is 0. The molecule has 1 aromatic rings. The molecule has 0 radical (unpaired) electrons. The second-order valence-electron chi connectivity index (χ2n) is 7.63. The molecule has 0 saturated heterocycles. The molecule has 1 aromatic carbocycles. The number of Topliss-reactive ketones (excluding diaryl/α,β-unsaturated/α-hetero) is 2. The van der Waals surface area contributed by atoms with E-state index in [-0.39, 0.29) is 30.5 Å². The van der Waals surface area contributed by atoms with Crippen LogP contribution in [-0.2, 0) is 20.7 Å². The molecule has 0 spiro atoms. The number of benzene rings is 1. The molecular formula is C23H32O4. The molecule has 0 N–H and O–H groups in total. The number of ketones is 2. The topological polar surface area (TPSA) is 60.4 Å². The number of carbonyl (C=O) groups excluding carboxylic acids is 3. The van der Waals surface area contributed by atoms with Gasteiger partial charge in [-0.1, -0.05) is 56.9 Å². The normalized spacial score (nSPS) is 20.0. The predicted molar refractivity (Wildman–Crippen MR) is 106 cm³/mol. The predicted octanol–water partition coefficient (Wildman–Crippen LogP) is 4.93. The smallest absolute Gasteiger partial charge is 0.320 e. The van der Waals surface area contributed by atoms with Crippen molar-refractivity contribution in [3.05, 3.63) is 35.4 Å². The van der Waals surface area contributed by atoms with Crippen molar-refractivity contribution in [2.24, 2.45) is 11.3 Å². The molecule has 4 nitrogen and oxygen atoms in total. The zero-order chi connectivity index (χ0) is 19.9. The van der Waals surface area contributed by atoms with Crippen LogP contribution in [0.25, 0.3) is 0 Å². The Morgan fingerprint density at radius 3 is 2.56 bits per heavy atom. The molecule has 0 fully saturated rings. The van der Waals surface area contributed by atoms with Gasteiger partial charge in [0, 0.05) is 12.0 Å². The van der Waals surface area contributed by atoms with Gasteiger partial charge in [0.1, 0.15) is 11.2 Å². The summed E-state index contributed by atoms with van der Waals surface area (Å²) in [5, 5.41) is 0. The SMILES string of the molecule is CCCCCC[C@@H](CC(C)=O)[C@@]1(C(=O)OCC)CCc2ccccc2C1=O. The van der Waals surface area contributed by atoms with Gasteiger partial charge in [-0.15, -0.1) is 0 Å². The second-order valence-corrected chi connectivity index (χ2v) is 7.63. The first-order valence-electron chi connectivity index (χ1n) is 10.3. The molecule has 1 aliphatic rings. The number of hydrogen-bond acceptors (Lipinski definition) is 4. The average molecular weight is 373 g/mol. The van der Waals surface area contributed by atoms with Gasteiger partial charge < -0.3 is 9.53 Å². The summed E-state index contributed by atoms with van der Waals surface area (Å²) < 4.78 is 5.39. The highest BCUT2D eigenvalue weighted by Crippen LogP contribution is 2.46. The summed E-state index contributed by atoms with van der Waals surface area (Å²) in [6.07, 6.45) is 6.24. The van der Waals surface area contributed by atoms with Gasteiger partial charge in [-0.2, -0.15) is 0 Å². The number of carbonyl (C=O) groups is 3. The molecule has 4 heteroatoms. The van der Waals surface area contributed by atoms with Crippen LogP contribution in [0.2, 0.25) is 0 Å². The number of unbranched alkanes of at least 4 members (excludes halogenated alkanes) is 3. The molecule has 2 rings (SSSR count). The van der Waals surface area contributed by atoms with Crippen LogP contribution in [0.1, 0.15) is 81.6 Å². The largest absolute Gasteiger partial charge is 0.465 e. The molecule has 0 aromatic heterocycles. The first-order chi connectivity index (χ1) is 13.0. The molecule has 0 bridgehead atoms. The molecule has 0 amide bonds. The second kappa shape index (κ2) is 9.82. The van der Waals surface area contributed by atoms with E-state index >= 15 is 0 Å². The Kier molecular flexibility index (Phi) is 7.76. The van der Waals surface area contributed by atoms with Crippen molar-refractivity contribution >= 4 is 17.5 Å². The minimum absolute atomic E-state index is 0.0193. The third-order valence-corrected chi connectivity index (χ3v) is 5.73. The van der Waals surface area contributed by atoms with E-state index < -0.39 is 11.4 Å². The Hall–Kier alpha value is -1.97. The number of ether oxygens (including phenoxy) is 1. The van der Waals surface area contributed by atoms with Gasteiger partial charge in [-0.05, 0) is 44.6 Å². The van der Waals surface area contributed by atoms with E-state index in [1.54, 1.807) is 19.9 Å². The highest BCUT2D eigenvalue weighted by atomic mass is 16.5. The number of aryl methyl sites for hydroxylation is 1. The van der Waals surface area contributed by atoms with Gasteiger partial charge in [-0.3, -0.25) is 9.59 Å². The lowest BCUT2D eigenvalue weighted by Gasteiger charge is -2.40. The summed E-state index contributed by atoms with van der Waals surface area (Å²) in [4.78, 5) is 38.6. The molecule has 0 saturated carbocycles. The molecular weight excluding hydrogens is 340 g/mol. The maximum absolute atomic E-state index is 13.6. The Balaban J connectivity index is 2.42. The summed E-state index contributed by atoms with van der Waals surface area (Å²) in [5.74, 6) is -0.895. The fraction of sp³-hybridized carbons (Fsp3) is 0.609. The van der Waals surface area contributed by atoms with Crippen LogP contribution in [0.5, 0.6) is 0 Å². The fourth-order valence-corrected chi connectivity index (χ4v) is 4.34. The van der Waals surface area contributed by atoms with E-state index in [2.05, 4.69) is 6.92 Å². The lowest BCUT2D eigenvalue weighted by molar-refractivity contribution is -0.156. The first kappa shape index (κ1) is 21.3. The highest BCUT2D eigenvalue weighted by molar-refractivity contribution is 6.14. The van der Waals surface area contributed by atoms with Crippen LogP contribution in [0.15, 0.2) is 24.3 Å². The first-order valence-corrected chi connectivity index (χ1v) is 10.3. The van der Waals surface area contributed by atoms with Gasteiger partial charge in [0.15, 0.2) is 5.78 Å². The van der Waals surface area contributed by atoms with Crippen LogP contribution < -0.4 is 0 Å². The molecule has 1 aliphatic carbocycles. The maximum Gasteiger partial charge on any atom is 0.320 e. The number of rotatable bonds is 10. The standard InChI is InChI=1S/C23H32O4/c1-4-6-7-8-12-19(16-17(3)24)23(22(26)27-5-2)15-14-18-11-9-10-13-20(18)21(23)25/h9-11,13,19H,4-8,12,14-16H2,1-3H3/t19-,23-/m0/s1. The van der Waals surface area contributed by atoms with Gasteiger partial charge in [0.05, 0.1) is 6.61 Å². The summed E-state index contributed by atoms with van der Waals surface area (Å²) in [6, 6.07) is 7.50. The lowest BCUT2D eigenvalue weighted by Crippen LogP contribution is -2.50. The lowest BCUT2D eigenvalue weighted by atomic mass is 9.61. The fourth-order valence-electron chi connectivity index (χ4n) is 4.34. The zero-order valence-corrected chi connectivity index (χ0v) is 16.9. The van der Waals surface area contributed by atoms with Gasteiger partial charge >= 0.3 is 5.97 Å².